The molecule has 26 heavy (non-hydrogen) atoms. The monoisotopic (exact) mass is 370 g/mol. The van der Waals surface area contributed by atoms with Gasteiger partial charge in [-0.15, -0.1) is 0 Å². The Hall–Kier alpha value is -2.22. The van der Waals surface area contributed by atoms with Crippen LogP contribution in [0.25, 0.3) is 0 Å². The third-order valence-corrected chi connectivity index (χ3v) is 4.30. The molecule has 0 aromatic heterocycles. The lowest BCUT2D eigenvalue weighted by Crippen LogP contribution is -2.35. The summed E-state index contributed by atoms with van der Waals surface area (Å²) in [7, 11) is 3.64. The highest BCUT2D eigenvalue weighted by Gasteiger charge is 2.33. The van der Waals surface area contributed by atoms with Crippen LogP contribution in [0.15, 0.2) is 41.5 Å². The third kappa shape index (κ3) is 5.66. The summed E-state index contributed by atoms with van der Waals surface area (Å²) in [6.07, 6.45) is -2.19. The third-order valence-electron chi connectivity index (χ3n) is 4.30. The minimum atomic E-state index is -4.41. The minimum Gasteiger partial charge on any atom is -0.463 e. The molecule has 0 saturated carbocycles. The van der Waals surface area contributed by atoms with Crippen LogP contribution in [0.2, 0.25) is 0 Å². The van der Waals surface area contributed by atoms with Gasteiger partial charge in [-0.2, -0.15) is 13.2 Å². The van der Waals surface area contributed by atoms with E-state index in [0.717, 1.165) is 25.5 Å². The van der Waals surface area contributed by atoms with Gasteiger partial charge in [0.1, 0.15) is 6.61 Å². The van der Waals surface area contributed by atoms with Gasteiger partial charge < -0.3 is 20.3 Å². The zero-order valence-corrected chi connectivity index (χ0v) is 15.1. The fourth-order valence-corrected chi connectivity index (χ4v) is 2.80. The molecule has 0 bridgehead atoms. The largest absolute Gasteiger partial charge is 0.463 e. The number of nitrogens with zero attached hydrogens (tertiary/aromatic N) is 2. The molecule has 144 valence electrons. The molecule has 1 heterocycles. The molecule has 2 rings (SSSR count). The predicted molar refractivity (Wildman–Crippen MR) is 97.2 cm³/mol. The van der Waals surface area contributed by atoms with Crippen molar-refractivity contribution in [1.82, 2.24) is 10.2 Å². The average molecular weight is 370 g/mol. The van der Waals surface area contributed by atoms with E-state index >= 15 is 0 Å². The second kappa shape index (κ2) is 8.93. The van der Waals surface area contributed by atoms with Crippen LogP contribution in [0.3, 0.4) is 0 Å². The lowest BCUT2D eigenvalue weighted by atomic mass is 10.1. The zero-order chi connectivity index (χ0) is 19.2. The molecule has 5 nitrogen and oxygen atoms in total. The van der Waals surface area contributed by atoms with Crippen molar-refractivity contribution in [2.45, 2.75) is 25.1 Å². The Morgan fingerprint density at radius 2 is 2.12 bits per heavy atom. The van der Waals surface area contributed by atoms with E-state index in [-0.39, 0.29) is 12.2 Å². The van der Waals surface area contributed by atoms with Crippen LogP contribution in [0.5, 0.6) is 0 Å². The molecular weight excluding hydrogens is 345 g/mol. The Kier molecular flexibility index (Phi) is 6.90. The van der Waals surface area contributed by atoms with Crippen molar-refractivity contribution in [2.24, 2.45) is 4.99 Å². The lowest BCUT2D eigenvalue weighted by molar-refractivity contribution is -0.136. The molecule has 1 aromatic rings. The summed E-state index contributed by atoms with van der Waals surface area (Å²) < 4.78 is 44.7. The van der Waals surface area contributed by atoms with E-state index < -0.39 is 11.7 Å². The number of alkyl halides is 3. The van der Waals surface area contributed by atoms with Gasteiger partial charge in [0.25, 0.3) is 6.02 Å². The number of amidine groups is 1. The molecule has 1 atom stereocenters. The summed E-state index contributed by atoms with van der Waals surface area (Å²) in [5, 5.41) is 5.66. The van der Waals surface area contributed by atoms with Gasteiger partial charge in [0.2, 0.25) is 0 Å². The van der Waals surface area contributed by atoms with Crippen LogP contribution in [0, 0.1) is 0 Å². The first-order chi connectivity index (χ1) is 12.3. The SMILES string of the molecule is C=C(CNc1ccccc1C(F)(F)F)NC(=NC)OC[C@@H]1CCCN1C. The van der Waals surface area contributed by atoms with Crippen LogP contribution < -0.4 is 10.6 Å². The van der Waals surface area contributed by atoms with Crippen molar-refractivity contribution in [3.8, 4) is 0 Å². The number of hydrogen-bond acceptors (Lipinski definition) is 4. The van der Waals surface area contributed by atoms with E-state index in [0.29, 0.717) is 24.4 Å². The molecule has 8 heteroatoms. The quantitative estimate of drug-likeness (QED) is 0.596. The second-order valence-corrected chi connectivity index (χ2v) is 6.24. The van der Waals surface area contributed by atoms with E-state index in [1.807, 2.05) is 0 Å². The fourth-order valence-electron chi connectivity index (χ4n) is 2.80. The molecule has 0 unspecified atom stereocenters. The number of anilines is 1. The van der Waals surface area contributed by atoms with Gasteiger partial charge in [0.15, 0.2) is 0 Å². The molecule has 2 N–H and O–H groups in total. The number of likely N-dealkylation sites (tertiary alicyclic amines) is 1. The van der Waals surface area contributed by atoms with Crippen molar-refractivity contribution in [1.29, 1.82) is 0 Å². The number of hydrogen-bond donors (Lipinski definition) is 2. The highest BCUT2D eigenvalue weighted by Crippen LogP contribution is 2.34. The van der Waals surface area contributed by atoms with E-state index in [1.54, 1.807) is 13.1 Å². The maximum atomic E-state index is 13.0. The highest BCUT2D eigenvalue weighted by molar-refractivity contribution is 5.75. The Morgan fingerprint density at radius 1 is 1.38 bits per heavy atom. The standard InChI is InChI=1S/C18H25F3N4O/c1-13(11-23-16-9-5-4-8-15(16)18(19,20)21)24-17(22-2)26-12-14-7-6-10-25(14)3/h4-5,8-9,14,23H,1,6-7,10-12H2,2-3H3,(H,22,24)/t14-/m0/s1. The summed E-state index contributed by atoms with van der Waals surface area (Å²) in [4.78, 5) is 6.26. The Morgan fingerprint density at radius 3 is 2.73 bits per heavy atom. The van der Waals surface area contributed by atoms with Crippen molar-refractivity contribution in [2.75, 3.05) is 39.1 Å². The smallest absolute Gasteiger partial charge is 0.418 e. The van der Waals surface area contributed by atoms with Gasteiger partial charge in [0, 0.05) is 24.5 Å². The fraction of sp³-hybridized carbons (Fsp3) is 0.500. The molecular formula is C18H25F3N4O. The van der Waals surface area contributed by atoms with Crippen molar-refractivity contribution in [3.63, 3.8) is 0 Å². The van der Waals surface area contributed by atoms with Crippen LogP contribution in [-0.2, 0) is 10.9 Å². The maximum absolute atomic E-state index is 13.0. The molecule has 1 aliphatic heterocycles. The molecule has 1 aliphatic rings. The van der Waals surface area contributed by atoms with Crippen molar-refractivity contribution in [3.05, 3.63) is 42.1 Å². The molecule has 1 saturated heterocycles. The lowest BCUT2D eigenvalue weighted by Gasteiger charge is -2.21. The van der Waals surface area contributed by atoms with E-state index in [9.17, 15) is 13.2 Å². The number of nitrogens with one attached hydrogen (secondary N) is 2. The van der Waals surface area contributed by atoms with Crippen LogP contribution in [-0.4, -0.2) is 50.8 Å². The van der Waals surface area contributed by atoms with Gasteiger partial charge >= 0.3 is 6.18 Å². The van der Waals surface area contributed by atoms with Gasteiger partial charge in [-0.1, -0.05) is 18.7 Å². The molecule has 1 fully saturated rings. The van der Waals surface area contributed by atoms with Crippen molar-refractivity contribution >= 4 is 11.7 Å². The number of ether oxygens (including phenoxy) is 1. The van der Waals surface area contributed by atoms with Gasteiger partial charge in [-0.05, 0) is 38.6 Å². The summed E-state index contributed by atoms with van der Waals surface area (Å²) in [5.74, 6) is 0. The van der Waals surface area contributed by atoms with Gasteiger partial charge in [-0.3, -0.25) is 0 Å². The minimum absolute atomic E-state index is 0.00596. The number of likely N-dealkylation sites (N-methyl/N-ethyl adjacent to an activating group) is 1. The van der Waals surface area contributed by atoms with Gasteiger partial charge in [-0.25, -0.2) is 4.99 Å². The Balaban J connectivity index is 1.84. The van der Waals surface area contributed by atoms with E-state index in [4.69, 9.17) is 4.74 Å². The number of para-hydroxylation sites is 1. The zero-order valence-electron chi connectivity index (χ0n) is 15.1. The first kappa shape index (κ1) is 20.1. The van der Waals surface area contributed by atoms with Crippen LogP contribution in [0.1, 0.15) is 18.4 Å². The molecule has 0 aliphatic carbocycles. The Bertz CT molecular complexity index is 646. The number of aliphatic imine (C=N–C) groups is 1. The Labute approximate surface area is 151 Å². The number of benzene rings is 1. The van der Waals surface area contributed by atoms with Crippen LogP contribution in [0.4, 0.5) is 18.9 Å². The first-order valence-corrected chi connectivity index (χ1v) is 8.46. The number of rotatable bonds is 6. The van der Waals surface area contributed by atoms with E-state index in [2.05, 4.69) is 34.2 Å². The second-order valence-electron chi connectivity index (χ2n) is 6.24. The highest BCUT2D eigenvalue weighted by atomic mass is 19.4. The summed E-state index contributed by atoms with van der Waals surface area (Å²) in [6, 6.07) is 5.99. The molecule has 0 amide bonds. The first-order valence-electron chi connectivity index (χ1n) is 8.46. The summed E-state index contributed by atoms with van der Waals surface area (Å²) in [6.45, 7) is 5.49. The number of halogens is 3. The maximum Gasteiger partial charge on any atom is 0.418 e. The summed E-state index contributed by atoms with van der Waals surface area (Å²) >= 11 is 0. The van der Waals surface area contributed by atoms with Crippen molar-refractivity contribution < 1.29 is 17.9 Å². The predicted octanol–water partition coefficient (Wildman–Crippen LogP) is 3.32. The topological polar surface area (TPSA) is 48.9 Å². The molecule has 1 aromatic carbocycles. The van der Waals surface area contributed by atoms with Gasteiger partial charge in [0.05, 0.1) is 12.1 Å². The summed E-state index contributed by atoms with van der Waals surface area (Å²) in [5.41, 5.74) is -0.244. The van der Waals surface area contributed by atoms with E-state index in [1.165, 1.54) is 12.1 Å². The average Bonchev–Trinajstić information content (AvgIpc) is 3.01. The van der Waals surface area contributed by atoms with Crippen LogP contribution >= 0.6 is 0 Å². The normalized spacial score (nSPS) is 18.7. The molecule has 0 radical (unpaired) electrons. The molecule has 0 spiro atoms.